The number of para-hydroxylation sites is 1. The molecule has 2 aromatic rings. The summed E-state index contributed by atoms with van der Waals surface area (Å²) in [5.74, 6) is -1.09. The Kier molecular flexibility index (Phi) is 5.60. The van der Waals surface area contributed by atoms with E-state index in [0.717, 1.165) is 0 Å². The summed E-state index contributed by atoms with van der Waals surface area (Å²) < 4.78 is 19.0. The van der Waals surface area contributed by atoms with E-state index >= 15 is 0 Å². The second-order valence-electron chi connectivity index (χ2n) is 6.46. The number of nitrogens with zero attached hydrogens (tertiary/aromatic N) is 2. The summed E-state index contributed by atoms with van der Waals surface area (Å²) in [6.45, 7) is 3.28. The Morgan fingerprint density at radius 2 is 1.97 bits per heavy atom. The maximum absolute atomic E-state index is 14.1. The number of methoxy groups -OCH3 is 1. The number of nitro groups is 1. The third-order valence-corrected chi connectivity index (χ3v) is 5.05. The number of allylic oxidation sites excluding steroid dienone is 1. The quantitative estimate of drug-likeness (QED) is 0.351. The monoisotopic (exact) mass is 415 g/mol. The number of carbonyl (C=O) groups is 1. The second-order valence-corrected chi connectivity index (χ2v) is 6.84. The summed E-state index contributed by atoms with van der Waals surface area (Å²) in [7, 11) is 1.22. The van der Waals surface area contributed by atoms with Crippen LogP contribution in [0.4, 0.5) is 15.8 Å². The number of benzene rings is 2. The van der Waals surface area contributed by atoms with Gasteiger partial charge >= 0.3 is 5.97 Å². The molecule has 1 aliphatic heterocycles. The van der Waals surface area contributed by atoms with Crippen LogP contribution in [0.3, 0.4) is 0 Å². The van der Waals surface area contributed by atoms with Gasteiger partial charge in [0.05, 0.1) is 34.9 Å². The lowest BCUT2D eigenvalue weighted by Crippen LogP contribution is -2.48. The summed E-state index contributed by atoms with van der Waals surface area (Å²) in [5, 5.41) is 14.6. The minimum Gasteiger partial charge on any atom is -0.466 e. The van der Waals surface area contributed by atoms with E-state index in [1.807, 2.05) is 0 Å². The molecule has 3 rings (SSSR count). The number of nitro benzene ring substituents is 1. The lowest BCUT2D eigenvalue weighted by Gasteiger charge is -2.37. The topological polar surface area (TPSA) is 84.7 Å². The zero-order valence-corrected chi connectivity index (χ0v) is 16.7. The van der Waals surface area contributed by atoms with Gasteiger partial charge in [0.1, 0.15) is 5.82 Å². The highest BCUT2D eigenvalue weighted by atomic mass is 32.1. The van der Waals surface area contributed by atoms with Crippen LogP contribution in [-0.4, -0.2) is 23.1 Å². The number of halogens is 1. The molecular formula is C20H18FN3O4S. The van der Waals surface area contributed by atoms with Crippen LogP contribution >= 0.6 is 12.2 Å². The molecule has 0 saturated heterocycles. The number of nitrogens with one attached hydrogen (secondary N) is 1. The van der Waals surface area contributed by atoms with Crippen LogP contribution in [0.1, 0.15) is 24.1 Å². The summed E-state index contributed by atoms with van der Waals surface area (Å²) in [6, 6.07) is 9.79. The van der Waals surface area contributed by atoms with Crippen LogP contribution in [0.5, 0.6) is 0 Å². The van der Waals surface area contributed by atoms with Gasteiger partial charge < -0.3 is 10.1 Å². The lowest BCUT2D eigenvalue weighted by molar-refractivity contribution is -0.385. The highest BCUT2D eigenvalue weighted by molar-refractivity contribution is 7.80. The zero-order chi connectivity index (χ0) is 21.3. The average Bonchev–Trinajstić information content (AvgIpc) is 2.69. The van der Waals surface area contributed by atoms with Gasteiger partial charge in [-0.05, 0) is 49.8 Å². The number of hydrogen-bond donors (Lipinski definition) is 1. The van der Waals surface area contributed by atoms with E-state index in [4.69, 9.17) is 17.0 Å². The SMILES string of the molecule is COC(=O)C1=C(C)N(c2ccc(C)c(F)c2)C(=S)N[C@H]1c1ccccc1[N+](=O)[O-]. The van der Waals surface area contributed by atoms with Crippen molar-refractivity contribution in [3.05, 3.63) is 80.8 Å². The van der Waals surface area contributed by atoms with Gasteiger partial charge in [-0.15, -0.1) is 0 Å². The molecule has 1 N–H and O–H groups in total. The minimum atomic E-state index is -0.886. The predicted molar refractivity (Wildman–Crippen MR) is 110 cm³/mol. The first kappa shape index (κ1) is 20.4. The van der Waals surface area contributed by atoms with Crippen molar-refractivity contribution in [2.75, 3.05) is 12.0 Å². The number of aryl methyl sites for hydroxylation is 1. The largest absolute Gasteiger partial charge is 0.466 e. The molecule has 0 aromatic heterocycles. The van der Waals surface area contributed by atoms with Gasteiger partial charge in [-0.2, -0.15) is 0 Å². The van der Waals surface area contributed by atoms with Gasteiger partial charge in [0.2, 0.25) is 0 Å². The standard InChI is InChI=1S/C20H18FN3O4S/c1-11-8-9-13(10-15(11)21)23-12(2)17(19(25)28-3)18(22-20(23)29)14-6-4-5-7-16(14)24(26)27/h4-10,18H,1-3H3,(H,22,29)/t18-/m0/s1. The fourth-order valence-electron chi connectivity index (χ4n) is 3.28. The van der Waals surface area contributed by atoms with Gasteiger partial charge in [-0.25, -0.2) is 9.18 Å². The molecule has 150 valence electrons. The number of hydrogen-bond acceptors (Lipinski definition) is 5. The molecule has 1 aliphatic rings. The summed E-state index contributed by atoms with van der Waals surface area (Å²) in [6.07, 6.45) is 0. The van der Waals surface area contributed by atoms with Crippen molar-refractivity contribution in [2.24, 2.45) is 0 Å². The molecule has 2 aromatic carbocycles. The Balaban J connectivity index is 2.20. The number of ether oxygens (including phenoxy) is 1. The number of rotatable bonds is 4. The van der Waals surface area contributed by atoms with Crippen molar-refractivity contribution in [1.29, 1.82) is 0 Å². The smallest absolute Gasteiger partial charge is 0.337 e. The molecule has 7 nitrogen and oxygen atoms in total. The van der Waals surface area contributed by atoms with Crippen LogP contribution in [0.25, 0.3) is 0 Å². The Morgan fingerprint density at radius 1 is 1.28 bits per heavy atom. The summed E-state index contributed by atoms with van der Waals surface area (Å²) in [4.78, 5) is 25.1. The molecule has 0 amide bonds. The highest BCUT2D eigenvalue weighted by Crippen LogP contribution is 2.37. The number of anilines is 1. The third-order valence-electron chi connectivity index (χ3n) is 4.75. The van der Waals surface area contributed by atoms with E-state index in [2.05, 4.69) is 5.32 Å². The molecule has 0 fully saturated rings. The Bertz CT molecular complexity index is 1050. The van der Waals surface area contributed by atoms with Gasteiger partial charge in [-0.3, -0.25) is 15.0 Å². The number of thiocarbonyl (C=S) groups is 1. The van der Waals surface area contributed by atoms with Crippen LogP contribution in [-0.2, 0) is 9.53 Å². The van der Waals surface area contributed by atoms with Crippen molar-refractivity contribution >= 4 is 34.7 Å². The molecule has 0 saturated carbocycles. The van der Waals surface area contributed by atoms with E-state index < -0.39 is 22.8 Å². The van der Waals surface area contributed by atoms with E-state index in [1.54, 1.807) is 44.2 Å². The fraction of sp³-hybridized carbons (Fsp3) is 0.200. The van der Waals surface area contributed by atoms with E-state index in [9.17, 15) is 19.3 Å². The fourth-order valence-corrected chi connectivity index (χ4v) is 3.64. The van der Waals surface area contributed by atoms with E-state index in [-0.39, 0.29) is 21.9 Å². The highest BCUT2D eigenvalue weighted by Gasteiger charge is 2.38. The third kappa shape index (κ3) is 3.68. The normalized spacial score (nSPS) is 16.5. The van der Waals surface area contributed by atoms with Crippen molar-refractivity contribution in [3.63, 3.8) is 0 Å². The summed E-state index contributed by atoms with van der Waals surface area (Å²) in [5.41, 5.74) is 1.55. The molecule has 0 unspecified atom stereocenters. The predicted octanol–water partition coefficient (Wildman–Crippen LogP) is 3.93. The number of esters is 1. The van der Waals surface area contributed by atoms with Crippen molar-refractivity contribution < 1.29 is 18.8 Å². The average molecular weight is 415 g/mol. The van der Waals surface area contributed by atoms with Crippen molar-refractivity contribution in [1.82, 2.24) is 5.32 Å². The first-order valence-electron chi connectivity index (χ1n) is 8.65. The second kappa shape index (κ2) is 7.96. The molecule has 9 heteroatoms. The van der Waals surface area contributed by atoms with Crippen LogP contribution < -0.4 is 10.2 Å². The Hall–Kier alpha value is -3.33. The summed E-state index contributed by atoms with van der Waals surface area (Å²) >= 11 is 5.46. The molecule has 0 aliphatic carbocycles. The molecular weight excluding hydrogens is 397 g/mol. The maximum Gasteiger partial charge on any atom is 0.337 e. The molecule has 0 radical (unpaired) electrons. The molecule has 1 heterocycles. The van der Waals surface area contributed by atoms with Crippen molar-refractivity contribution in [2.45, 2.75) is 19.9 Å². The van der Waals surface area contributed by atoms with Gasteiger partial charge in [0.25, 0.3) is 5.69 Å². The maximum atomic E-state index is 14.1. The molecule has 29 heavy (non-hydrogen) atoms. The minimum absolute atomic E-state index is 0.149. The van der Waals surface area contributed by atoms with Crippen LogP contribution in [0.15, 0.2) is 53.7 Å². The van der Waals surface area contributed by atoms with Gasteiger partial charge in [-0.1, -0.05) is 18.2 Å². The zero-order valence-electron chi connectivity index (χ0n) is 15.9. The van der Waals surface area contributed by atoms with Crippen molar-refractivity contribution in [3.8, 4) is 0 Å². The van der Waals surface area contributed by atoms with E-state index in [0.29, 0.717) is 16.9 Å². The van der Waals surface area contributed by atoms with Crippen LogP contribution in [0.2, 0.25) is 0 Å². The Morgan fingerprint density at radius 3 is 2.59 bits per heavy atom. The Labute approximate surface area is 171 Å². The first-order valence-corrected chi connectivity index (χ1v) is 9.06. The molecule has 0 bridgehead atoms. The lowest BCUT2D eigenvalue weighted by atomic mass is 9.93. The molecule has 0 spiro atoms. The molecule has 1 atom stereocenters. The van der Waals surface area contributed by atoms with Gasteiger partial charge in [0.15, 0.2) is 5.11 Å². The van der Waals surface area contributed by atoms with Gasteiger partial charge in [0, 0.05) is 11.8 Å². The van der Waals surface area contributed by atoms with E-state index in [1.165, 1.54) is 24.1 Å². The number of carbonyl (C=O) groups excluding carboxylic acids is 1. The first-order chi connectivity index (χ1) is 13.8. The van der Waals surface area contributed by atoms with Crippen LogP contribution in [0, 0.1) is 22.9 Å².